The van der Waals surface area contributed by atoms with E-state index in [1.165, 1.54) is 0 Å². The molecule has 3 nitrogen and oxygen atoms in total. The third kappa shape index (κ3) is 2.70. The molecule has 0 fully saturated rings. The molecule has 0 aliphatic rings. The molecule has 0 amide bonds. The minimum Gasteiger partial charge on any atom is -0.478 e. The summed E-state index contributed by atoms with van der Waals surface area (Å²) in [7, 11) is 0. The number of thioether (sulfide) groups is 1. The maximum atomic E-state index is 11.1. The Balaban J connectivity index is 2.20. The van der Waals surface area contributed by atoms with Crippen molar-refractivity contribution in [3.05, 3.63) is 36.0 Å². The average Bonchev–Trinajstić information content (AvgIpc) is 2.77. The van der Waals surface area contributed by atoms with Gasteiger partial charge in [-0.2, -0.15) is 11.8 Å². The molecule has 0 radical (unpaired) electrons. The molecule has 1 aromatic heterocycles. The highest BCUT2D eigenvalue weighted by molar-refractivity contribution is 7.99. The van der Waals surface area contributed by atoms with Gasteiger partial charge in [-0.15, -0.1) is 0 Å². The predicted octanol–water partition coefficient (Wildman–Crippen LogP) is 3.48. The Bertz CT molecular complexity index is 548. The fourth-order valence-corrected chi connectivity index (χ4v) is 2.71. The second-order valence-electron chi connectivity index (χ2n) is 4.10. The van der Waals surface area contributed by atoms with Gasteiger partial charge in [0.1, 0.15) is 0 Å². The number of carboxylic acids is 1. The van der Waals surface area contributed by atoms with Gasteiger partial charge < -0.3 is 9.67 Å². The molecule has 1 aromatic carbocycles. The van der Waals surface area contributed by atoms with Crippen molar-refractivity contribution in [2.75, 3.05) is 11.5 Å². The molecule has 0 atom stereocenters. The van der Waals surface area contributed by atoms with Gasteiger partial charge in [0.2, 0.25) is 0 Å². The molecule has 0 saturated carbocycles. The van der Waals surface area contributed by atoms with Gasteiger partial charge in [0.15, 0.2) is 0 Å². The van der Waals surface area contributed by atoms with Crippen molar-refractivity contribution in [3.63, 3.8) is 0 Å². The molecule has 2 rings (SSSR count). The summed E-state index contributed by atoms with van der Waals surface area (Å²) in [4.78, 5) is 11.1. The third-order valence-electron chi connectivity index (χ3n) is 2.94. The van der Waals surface area contributed by atoms with Crippen LogP contribution in [0, 0.1) is 0 Å². The summed E-state index contributed by atoms with van der Waals surface area (Å²) in [6.45, 7) is 3.11. The van der Waals surface area contributed by atoms with E-state index in [2.05, 4.69) is 11.5 Å². The largest absolute Gasteiger partial charge is 0.478 e. The van der Waals surface area contributed by atoms with Gasteiger partial charge >= 0.3 is 5.97 Å². The number of benzene rings is 1. The molecule has 0 bridgehead atoms. The Kier molecular flexibility index (Phi) is 4.31. The molecule has 4 heteroatoms. The molecule has 2 aromatic rings. The Hall–Kier alpha value is -1.42. The number of fused-ring (bicyclic) bond motifs is 1. The van der Waals surface area contributed by atoms with E-state index in [0.29, 0.717) is 5.56 Å². The number of hydrogen-bond acceptors (Lipinski definition) is 2. The molecule has 1 N–H and O–H groups in total. The normalized spacial score (nSPS) is 10.9. The number of aromatic nitrogens is 1. The van der Waals surface area contributed by atoms with Crippen LogP contribution in [0.5, 0.6) is 0 Å². The van der Waals surface area contributed by atoms with E-state index < -0.39 is 5.97 Å². The van der Waals surface area contributed by atoms with Crippen LogP contribution in [0.3, 0.4) is 0 Å². The summed E-state index contributed by atoms with van der Waals surface area (Å²) in [5.41, 5.74) is 1.39. The van der Waals surface area contributed by atoms with E-state index in [4.69, 9.17) is 5.11 Å². The van der Waals surface area contributed by atoms with Gasteiger partial charge in [-0.3, -0.25) is 0 Å². The first-order chi connectivity index (χ1) is 8.74. The zero-order valence-electron chi connectivity index (χ0n) is 10.4. The molecular formula is C14H17NO2S. The summed E-state index contributed by atoms with van der Waals surface area (Å²) in [6, 6.07) is 7.34. The van der Waals surface area contributed by atoms with Crippen molar-refractivity contribution in [1.29, 1.82) is 0 Å². The first-order valence-corrected chi connectivity index (χ1v) is 7.28. The van der Waals surface area contributed by atoms with Crippen LogP contribution in [0.2, 0.25) is 0 Å². The third-order valence-corrected chi connectivity index (χ3v) is 3.92. The quantitative estimate of drug-likeness (QED) is 0.811. The second kappa shape index (κ2) is 5.96. The minimum absolute atomic E-state index is 0.384. The molecule has 18 heavy (non-hydrogen) atoms. The van der Waals surface area contributed by atoms with Crippen molar-refractivity contribution >= 4 is 28.6 Å². The van der Waals surface area contributed by atoms with Crippen LogP contribution in [-0.2, 0) is 6.54 Å². The van der Waals surface area contributed by atoms with Crippen molar-refractivity contribution in [3.8, 4) is 0 Å². The molecule has 96 valence electrons. The van der Waals surface area contributed by atoms with Gasteiger partial charge in [0.05, 0.1) is 5.56 Å². The van der Waals surface area contributed by atoms with E-state index in [9.17, 15) is 4.79 Å². The smallest absolute Gasteiger partial charge is 0.336 e. The highest BCUT2D eigenvalue weighted by Gasteiger charge is 2.10. The van der Waals surface area contributed by atoms with E-state index in [1.807, 2.05) is 36.2 Å². The summed E-state index contributed by atoms with van der Waals surface area (Å²) < 4.78 is 2.14. The lowest BCUT2D eigenvalue weighted by Crippen LogP contribution is -1.99. The SMILES string of the molecule is CCSCCCn1ccc2c(C(=O)O)cccc21. The van der Waals surface area contributed by atoms with E-state index >= 15 is 0 Å². The minimum atomic E-state index is -0.861. The van der Waals surface area contributed by atoms with Crippen LogP contribution < -0.4 is 0 Å². The standard InChI is InChI=1S/C14H17NO2S/c1-2-18-10-4-8-15-9-7-11-12(14(16)17)5-3-6-13(11)15/h3,5-7,9H,2,4,8,10H2,1H3,(H,16,17). The first kappa shape index (κ1) is 13.0. The van der Waals surface area contributed by atoms with Crippen molar-refractivity contribution in [1.82, 2.24) is 4.57 Å². The number of nitrogens with zero attached hydrogens (tertiary/aromatic N) is 1. The number of rotatable bonds is 6. The van der Waals surface area contributed by atoms with Gasteiger partial charge in [0, 0.05) is 23.6 Å². The van der Waals surface area contributed by atoms with Crippen LogP contribution in [0.25, 0.3) is 10.9 Å². The zero-order chi connectivity index (χ0) is 13.0. The molecule has 0 saturated heterocycles. The summed E-state index contributed by atoms with van der Waals surface area (Å²) in [5, 5.41) is 9.95. The highest BCUT2D eigenvalue weighted by atomic mass is 32.2. The van der Waals surface area contributed by atoms with E-state index in [1.54, 1.807) is 6.07 Å². The lowest BCUT2D eigenvalue weighted by Gasteiger charge is -2.05. The second-order valence-corrected chi connectivity index (χ2v) is 5.50. The highest BCUT2D eigenvalue weighted by Crippen LogP contribution is 2.21. The van der Waals surface area contributed by atoms with Crippen LogP contribution in [-0.4, -0.2) is 27.1 Å². The van der Waals surface area contributed by atoms with Crippen LogP contribution in [0.15, 0.2) is 30.5 Å². The molecule has 0 aliphatic heterocycles. The Morgan fingerprint density at radius 3 is 2.94 bits per heavy atom. The van der Waals surface area contributed by atoms with Crippen LogP contribution in [0.4, 0.5) is 0 Å². The van der Waals surface area contributed by atoms with Gasteiger partial charge in [0.25, 0.3) is 0 Å². The van der Waals surface area contributed by atoms with Gasteiger partial charge in [-0.25, -0.2) is 4.79 Å². The lowest BCUT2D eigenvalue weighted by atomic mass is 10.1. The summed E-state index contributed by atoms with van der Waals surface area (Å²) in [6.07, 6.45) is 3.09. The molecule has 0 unspecified atom stereocenters. The lowest BCUT2D eigenvalue weighted by molar-refractivity contribution is 0.0699. The molecular weight excluding hydrogens is 246 g/mol. The summed E-state index contributed by atoms with van der Waals surface area (Å²) in [5.74, 6) is 1.43. The van der Waals surface area contributed by atoms with Crippen LogP contribution >= 0.6 is 11.8 Å². The van der Waals surface area contributed by atoms with Crippen LogP contribution in [0.1, 0.15) is 23.7 Å². The monoisotopic (exact) mass is 263 g/mol. The maximum absolute atomic E-state index is 11.1. The molecule has 0 aliphatic carbocycles. The average molecular weight is 263 g/mol. The van der Waals surface area contributed by atoms with Crippen molar-refractivity contribution < 1.29 is 9.90 Å². The number of aromatic carboxylic acids is 1. The Morgan fingerprint density at radius 1 is 1.39 bits per heavy atom. The fraction of sp³-hybridized carbons (Fsp3) is 0.357. The number of aryl methyl sites for hydroxylation is 1. The van der Waals surface area contributed by atoms with Gasteiger partial charge in [-0.1, -0.05) is 13.0 Å². The topological polar surface area (TPSA) is 42.2 Å². The first-order valence-electron chi connectivity index (χ1n) is 6.13. The maximum Gasteiger partial charge on any atom is 0.336 e. The zero-order valence-corrected chi connectivity index (χ0v) is 11.2. The van der Waals surface area contributed by atoms with E-state index in [-0.39, 0.29) is 0 Å². The molecule has 0 spiro atoms. The number of carboxylic acid groups (broad SMARTS) is 1. The Morgan fingerprint density at radius 2 is 2.22 bits per heavy atom. The predicted molar refractivity (Wildman–Crippen MR) is 76.5 cm³/mol. The number of hydrogen-bond donors (Lipinski definition) is 1. The Labute approximate surface area is 111 Å². The van der Waals surface area contributed by atoms with Gasteiger partial charge in [-0.05, 0) is 36.1 Å². The molecule has 1 heterocycles. The van der Waals surface area contributed by atoms with E-state index in [0.717, 1.165) is 35.4 Å². The number of carbonyl (C=O) groups is 1. The fourth-order valence-electron chi connectivity index (χ4n) is 2.09. The van der Waals surface area contributed by atoms with Crippen molar-refractivity contribution in [2.24, 2.45) is 0 Å². The van der Waals surface area contributed by atoms with Crippen molar-refractivity contribution in [2.45, 2.75) is 19.9 Å². The summed E-state index contributed by atoms with van der Waals surface area (Å²) >= 11 is 1.94.